The number of benzene rings is 1. The fourth-order valence-electron chi connectivity index (χ4n) is 5.61. The average Bonchev–Trinajstić information content (AvgIpc) is 2.58. The van der Waals surface area contributed by atoms with Crippen LogP contribution in [0.2, 0.25) is 0 Å². The minimum atomic E-state index is -0.734. The number of esters is 1. The van der Waals surface area contributed by atoms with Crippen LogP contribution in [0.1, 0.15) is 48.9 Å². The molecule has 1 aromatic rings. The van der Waals surface area contributed by atoms with Gasteiger partial charge in [0.05, 0.1) is 7.11 Å². The van der Waals surface area contributed by atoms with Gasteiger partial charge in [0.25, 0.3) is 5.91 Å². The highest BCUT2D eigenvalue weighted by atomic mass is 16.5. The van der Waals surface area contributed by atoms with E-state index in [0.717, 1.165) is 37.0 Å². The summed E-state index contributed by atoms with van der Waals surface area (Å²) in [4.78, 5) is 24.6. The van der Waals surface area contributed by atoms with Crippen LogP contribution in [0, 0.1) is 17.8 Å². The van der Waals surface area contributed by atoms with E-state index in [4.69, 9.17) is 9.47 Å². The Bertz CT molecular complexity index is 694. The second kappa shape index (κ2) is 6.49. The first-order valence-electron chi connectivity index (χ1n) is 9.31. The van der Waals surface area contributed by atoms with E-state index in [1.807, 2.05) is 0 Å². The zero-order chi connectivity index (χ0) is 18.3. The van der Waals surface area contributed by atoms with Crippen molar-refractivity contribution >= 4 is 11.9 Å². The molecule has 4 aliphatic carbocycles. The molecule has 2 N–H and O–H groups in total. The maximum atomic E-state index is 12.4. The summed E-state index contributed by atoms with van der Waals surface area (Å²) < 4.78 is 10.2. The molecular formula is C20H25NO5. The second-order valence-corrected chi connectivity index (χ2v) is 8.21. The van der Waals surface area contributed by atoms with Crippen molar-refractivity contribution in [1.29, 1.82) is 0 Å². The van der Waals surface area contributed by atoms with Gasteiger partial charge in [-0.1, -0.05) is 0 Å². The van der Waals surface area contributed by atoms with E-state index in [1.165, 1.54) is 38.5 Å². The van der Waals surface area contributed by atoms with Crippen molar-refractivity contribution in [2.75, 3.05) is 13.7 Å². The number of carbonyl (C=O) groups is 2. The van der Waals surface area contributed by atoms with Crippen molar-refractivity contribution in [1.82, 2.24) is 5.32 Å². The van der Waals surface area contributed by atoms with Crippen LogP contribution in [0.15, 0.2) is 18.2 Å². The summed E-state index contributed by atoms with van der Waals surface area (Å²) >= 11 is 0. The third-order valence-electron chi connectivity index (χ3n) is 6.20. The molecule has 1 amide bonds. The Hall–Kier alpha value is -2.24. The zero-order valence-corrected chi connectivity index (χ0v) is 15.0. The highest BCUT2D eigenvalue weighted by Crippen LogP contribution is 2.55. The molecular weight excluding hydrogens is 334 g/mol. The van der Waals surface area contributed by atoms with E-state index in [2.05, 4.69) is 5.32 Å². The van der Waals surface area contributed by atoms with Gasteiger partial charge >= 0.3 is 5.97 Å². The number of phenolic OH excluding ortho intramolecular Hbond substituents is 1. The van der Waals surface area contributed by atoms with Crippen LogP contribution in [0.4, 0.5) is 0 Å². The smallest absolute Gasteiger partial charge is 0.342 e. The van der Waals surface area contributed by atoms with Crippen molar-refractivity contribution in [3.63, 3.8) is 0 Å². The van der Waals surface area contributed by atoms with Crippen LogP contribution < -0.4 is 10.1 Å². The minimum absolute atomic E-state index is 0.00745. The van der Waals surface area contributed by atoms with Crippen molar-refractivity contribution in [2.45, 2.75) is 44.1 Å². The molecule has 6 heteroatoms. The zero-order valence-electron chi connectivity index (χ0n) is 15.0. The molecule has 5 rings (SSSR count). The molecule has 0 saturated heterocycles. The third kappa shape index (κ3) is 3.24. The van der Waals surface area contributed by atoms with Crippen molar-refractivity contribution in [3.05, 3.63) is 23.8 Å². The number of ether oxygens (including phenoxy) is 2. The lowest BCUT2D eigenvalue weighted by molar-refractivity contribution is -0.130. The molecule has 0 heterocycles. The first-order valence-corrected chi connectivity index (χ1v) is 9.31. The Balaban J connectivity index is 1.35. The van der Waals surface area contributed by atoms with Crippen LogP contribution in [-0.4, -0.2) is 36.2 Å². The molecule has 6 nitrogen and oxygen atoms in total. The van der Waals surface area contributed by atoms with E-state index in [9.17, 15) is 14.7 Å². The Morgan fingerprint density at radius 3 is 2.35 bits per heavy atom. The summed E-state index contributed by atoms with van der Waals surface area (Å²) in [5, 5.41) is 13.0. The second-order valence-electron chi connectivity index (χ2n) is 8.21. The topological polar surface area (TPSA) is 84.9 Å². The molecule has 0 aliphatic heterocycles. The Morgan fingerprint density at radius 2 is 1.77 bits per heavy atom. The summed E-state index contributed by atoms with van der Waals surface area (Å²) in [5.74, 6) is 1.45. The number of methoxy groups -OCH3 is 1. The van der Waals surface area contributed by atoms with Gasteiger partial charge in [-0.2, -0.15) is 0 Å². The third-order valence-corrected chi connectivity index (χ3v) is 6.20. The monoisotopic (exact) mass is 359 g/mol. The minimum Gasteiger partial charge on any atom is -0.507 e. The summed E-state index contributed by atoms with van der Waals surface area (Å²) in [5.41, 5.74) is -0.108. The predicted molar refractivity (Wildman–Crippen MR) is 94.0 cm³/mol. The summed E-state index contributed by atoms with van der Waals surface area (Å²) in [6.07, 6.45) is 7.07. The number of hydrogen-bond donors (Lipinski definition) is 2. The molecule has 140 valence electrons. The standard InChI is InChI=1S/C20H25NO5/c1-25-15-2-3-17(22)16(7-15)19(24)26-11-18(23)21-20-8-12-4-13(9-20)6-14(5-12)10-20/h2-3,7,12-14,22H,4-6,8-11H2,1H3,(H,21,23). The number of rotatable bonds is 5. The first kappa shape index (κ1) is 17.2. The van der Waals surface area contributed by atoms with Gasteiger partial charge in [0.15, 0.2) is 6.61 Å². The lowest BCUT2D eigenvalue weighted by atomic mass is 9.53. The molecule has 0 radical (unpaired) electrons. The van der Waals surface area contributed by atoms with E-state index >= 15 is 0 Å². The van der Waals surface area contributed by atoms with Gasteiger partial charge in [-0.15, -0.1) is 0 Å². The van der Waals surface area contributed by atoms with Crippen LogP contribution in [0.5, 0.6) is 11.5 Å². The number of aromatic hydroxyl groups is 1. The van der Waals surface area contributed by atoms with Crippen LogP contribution >= 0.6 is 0 Å². The van der Waals surface area contributed by atoms with Crippen LogP contribution in [0.25, 0.3) is 0 Å². The lowest BCUT2D eigenvalue weighted by Gasteiger charge is -2.56. The maximum Gasteiger partial charge on any atom is 0.342 e. The van der Waals surface area contributed by atoms with Gasteiger partial charge in [0.1, 0.15) is 17.1 Å². The van der Waals surface area contributed by atoms with Crippen molar-refractivity contribution in [3.8, 4) is 11.5 Å². The fourth-order valence-corrected chi connectivity index (χ4v) is 5.61. The fraction of sp³-hybridized carbons (Fsp3) is 0.600. The number of amides is 1. The largest absolute Gasteiger partial charge is 0.507 e. The van der Waals surface area contributed by atoms with Crippen molar-refractivity contribution < 1.29 is 24.2 Å². The summed E-state index contributed by atoms with van der Waals surface area (Å²) in [6, 6.07) is 4.31. The van der Waals surface area contributed by atoms with E-state index in [1.54, 1.807) is 6.07 Å². The SMILES string of the molecule is COc1ccc(O)c(C(=O)OCC(=O)NC23CC4CC(CC(C4)C2)C3)c1. The molecule has 4 bridgehead atoms. The first-order chi connectivity index (χ1) is 12.5. The number of nitrogens with one attached hydrogen (secondary N) is 1. The predicted octanol–water partition coefficient (Wildman–Crippen LogP) is 2.64. The van der Waals surface area contributed by atoms with Gasteiger partial charge in [0, 0.05) is 5.54 Å². The normalized spacial score (nSPS) is 31.5. The van der Waals surface area contributed by atoms with Crippen LogP contribution in [-0.2, 0) is 9.53 Å². The van der Waals surface area contributed by atoms with Gasteiger partial charge in [0.2, 0.25) is 0 Å². The number of hydrogen-bond acceptors (Lipinski definition) is 5. The van der Waals surface area contributed by atoms with Gasteiger partial charge in [-0.05, 0) is 74.5 Å². The highest BCUT2D eigenvalue weighted by Gasteiger charge is 2.51. The molecule has 1 aromatic carbocycles. The Kier molecular flexibility index (Phi) is 4.29. The van der Waals surface area contributed by atoms with Gasteiger partial charge in [-0.3, -0.25) is 4.79 Å². The quantitative estimate of drug-likeness (QED) is 0.790. The molecule has 4 aliphatic rings. The highest BCUT2D eigenvalue weighted by molar-refractivity contribution is 5.94. The lowest BCUT2D eigenvalue weighted by Crippen LogP contribution is -2.60. The molecule has 4 saturated carbocycles. The molecule has 4 fully saturated rings. The van der Waals surface area contributed by atoms with E-state index in [-0.39, 0.29) is 29.4 Å². The summed E-state index contributed by atoms with van der Waals surface area (Å²) in [6.45, 7) is -0.336. The van der Waals surface area contributed by atoms with E-state index < -0.39 is 5.97 Å². The van der Waals surface area contributed by atoms with Gasteiger partial charge in [-0.25, -0.2) is 4.79 Å². The molecule has 0 aromatic heterocycles. The Morgan fingerprint density at radius 1 is 1.15 bits per heavy atom. The molecule has 0 unspecified atom stereocenters. The average molecular weight is 359 g/mol. The Labute approximate surface area is 152 Å². The van der Waals surface area contributed by atoms with Gasteiger partial charge < -0.3 is 19.9 Å². The maximum absolute atomic E-state index is 12.4. The van der Waals surface area contributed by atoms with E-state index in [0.29, 0.717) is 5.75 Å². The number of phenols is 1. The van der Waals surface area contributed by atoms with Crippen molar-refractivity contribution in [2.24, 2.45) is 17.8 Å². The number of carbonyl (C=O) groups excluding carboxylic acids is 2. The molecule has 0 atom stereocenters. The van der Waals surface area contributed by atoms with Crippen LogP contribution in [0.3, 0.4) is 0 Å². The summed E-state index contributed by atoms with van der Waals surface area (Å²) in [7, 11) is 1.47. The molecule has 26 heavy (non-hydrogen) atoms. The molecule has 0 spiro atoms.